The number of nitrogens with zero attached hydrogens (tertiary/aromatic N) is 2. The standard InChI is InChI=1S/C17H25N3O2S/c1-11-13(12(2)22-20-11)6-7-15(21)18-9-8-16-19-14(10-23-16)17(3,4)5/h10H,6-9H2,1-5H3,(H,18,21). The van der Waals surface area contributed by atoms with Crippen LogP contribution in [0.25, 0.3) is 0 Å². The highest BCUT2D eigenvalue weighted by Gasteiger charge is 2.17. The predicted molar refractivity (Wildman–Crippen MR) is 91.8 cm³/mol. The second-order valence-electron chi connectivity index (χ2n) is 6.78. The van der Waals surface area contributed by atoms with Gasteiger partial charge in [0.05, 0.1) is 16.4 Å². The first-order valence-electron chi connectivity index (χ1n) is 7.90. The summed E-state index contributed by atoms with van der Waals surface area (Å²) in [6.07, 6.45) is 1.89. The quantitative estimate of drug-likeness (QED) is 0.879. The van der Waals surface area contributed by atoms with E-state index in [1.807, 2.05) is 13.8 Å². The average molecular weight is 335 g/mol. The molecule has 0 aliphatic rings. The van der Waals surface area contributed by atoms with Gasteiger partial charge < -0.3 is 9.84 Å². The van der Waals surface area contributed by atoms with E-state index in [1.165, 1.54) is 0 Å². The first-order chi connectivity index (χ1) is 10.8. The molecule has 23 heavy (non-hydrogen) atoms. The van der Waals surface area contributed by atoms with Crippen LogP contribution in [0, 0.1) is 13.8 Å². The molecule has 0 spiro atoms. The zero-order valence-corrected chi connectivity index (χ0v) is 15.3. The Balaban J connectivity index is 1.74. The molecule has 2 aromatic rings. The first kappa shape index (κ1) is 17.7. The van der Waals surface area contributed by atoms with Crippen LogP contribution < -0.4 is 5.32 Å². The highest BCUT2D eigenvalue weighted by molar-refractivity contribution is 7.09. The lowest BCUT2D eigenvalue weighted by Crippen LogP contribution is -2.26. The number of carbonyl (C=O) groups excluding carboxylic acids is 1. The van der Waals surface area contributed by atoms with E-state index in [2.05, 4.69) is 41.6 Å². The Kier molecular flexibility index (Phi) is 5.57. The minimum absolute atomic E-state index is 0.0533. The van der Waals surface area contributed by atoms with Crippen molar-refractivity contribution in [3.63, 3.8) is 0 Å². The number of aromatic nitrogens is 2. The van der Waals surface area contributed by atoms with Gasteiger partial charge in [0, 0.05) is 35.7 Å². The second-order valence-corrected chi connectivity index (χ2v) is 7.72. The molecule has 0 unspecified atom stereocenters. The van der Waals surface area contributed by atoms with E-state index in [0.717, 1.165) is 34.1 Å². The minimum atomic E-state index is 0.0533. The minimum Gasteiger partial charge on any atom is -0.361 e. The summed E-state index contributed by atoms with van der Waals surface area (Å²) in [5.74, 6) is 0.852. The zero-order valence-electron chi connectivity index (χ0n) is 14.5. The molecule has 0 aliphatic carbocycles. The number of carbonyl (C=O) groups is 1. The van der Waals surface area contributed by atoms with Crippen LogP contribution in [0.5, 0.6) is 0 Å². The Morgan fingerprint density at radius 3 is 2.61 bits per heavy atom. The van der Waals surface area contributed by atoms with Crippen LogP contribution in [0.4, 0.5) is 0 Å². The summed E-state index contributed by atoms with van der Waals surface area (Å²) in [6, 6.07) is 0. The summed E-state index contributed by atoms with van der Waals surface area (Å²) in [7, 11) is 0. The summed E-state index contributed by atoms with van der Waals surface area (Å²) in [4.78, 5) is 16.6. The maximum atomic E-state index is 11.9. The molecule has 0 fully saturated rings. The third-order valence-corrected chi connectivity index (χ3v) is 4.67. The highest BCUT2D eigenvalue weighted by atomic mass is 32.1. The Morgan fingerprint density at radius 2 is 2.04 bits per heavy atom. The van der Waals surface area contributed by atoms with Crippen molar-refractivity contribution in [2.24, 2.45) is 0 Å². The molecule has 0 atom stereocenters. The third kappa shape index (κ3) is 4.89. The summed E-state index contributed by atoms with van der Waals surface area (Å²) < 4.78 is 5.11. The van der Waals surface area contributed by atoms with Gasteiger partial charge in [0.2, 0.25) is 5.91 Å². The van der Waals surface area contributed by atoms with Crippen molar-refractivity contribution in [2.75, 3.05) is 6.54 Å². The topological polar surface area (TPSA) is 68.0 Å². The molecule has 2 aromatic heterocycles. The molecule has 0 saturated heterocycles. The number of thiazole rings is 1. The number of rotatable bonds is 6. The van der Waals surface area contributed by atoms with Crippen molar-refractivity contribution < 1.29 is 9.32 Å². The van der Waals surface area contributed by atoms with E-state index in [9.17, 15) is 4.79 Å². The molecule has 0 aromatic carbocycles. The molecular formula is C17H25N3O2S. The monoisotopic (exact) mass is 335 g/mol. The van der Waals surface area contributed by atoms with E-state index in [-0.39, 0.29) is 11.3 Å². The molecule has 126 valence electrons. The van der Waals surface area contributed by atoms with Gasteiger partial charge in [0.15, 0.2) is 0 Å². The maximum Gasteiger partial charge on any atom is 0.220 e. The number of hydrogen-bond donors (Lipinski definition) is 1. The highest BCUT2D eigenvalue weighted by Crippen LogP contribution is 2.23. The smallest absolute Gasteiger partial charge is 0.220 e. The molecule has 2 heterocycles. The number of nitrogens with one attached hydrogen (secondary N) is 1. The van der Waals surface area contributed by atoms with Gasteiger partial charge >= 0.3 is 0 Å². The van der Waals surface area contributed by atoms with Crippen LogP contribution in [0.2, 0.25) is 0 Å². The lowest BCUT2D eigenvalue weighted by atomic mass is 9.93. The van der Waals surface area contributed by atoms with Gasteiger partial charge in [-0.25, -0.2) is 4.98 Å². The molecule has 6 heteroatoms. The van der Waals surface area contributed by atoms with Crippen molar-refractivity contribution in [3.8, 4) is 0 Å². The molecule has 0 bridgehead atoms. The van der Waals surface area contributed by atoms with Crippen LogP contribution in [0.1, 0.15) is 54.9 Å². The molecule has 5 nitrogen and oxygen atoms in total. The summed E-state index contributed by atoms with van der Waals surface area (Å²) >= 11 is 1.66. The van der Waals surface area contributed by atoms with Crippen LogP contribution in [0.3, 0.4) is 0 Å². The lowest BCUT2D eigenvalue weighted by Gasteiger charge is -2.14. The van der Waals surface area contributed by atoms with Crippen LogP contribution >= 0.6 is 11.3 Å². The van der Waals surface area contributed by atoms with Crippen LogP contribution in [0.15, 0.2) is 9.90 Å². The average Bonchev–Trinajstić information content (AvgIpc) is 3.05. The summed E-state index contributed by atoms with van der Waals surface area (Å²) in [6.45, 7) is 10.9. The van der Waals surface area contributed by atoms with E-state index < -0.39 is 0 Å². The number of amides is 1. The van der Waals surface area contributed by atoms with Crippen molar-refractivity contribution in [1.82, 2.24) is 15.5 Å². The largest absolute Gasteiger partial charge is 0.361 e. The van der Waals surface area contributed by atoms with Gasteiger partial charge in [0.25, 0.3) is 0 Å². The third-order valence-electron chi connectivity index (χ3n) is 3.76. The first-order valence-corrected chi connectivity index (χ1v) is 8.78. The van der Waals surface area contributed by atoms with Crippen molar-refractivity contribution in [3.05, 3.63) is 33.1 Å². The van der Waals surface area contributed by atoms with Gasteiger partial charge in [-0.3, -0.25) is 4.79 Å². The lowest BCUT2D eigenvalue weighted by molar-refractivity contribution is -0.121. The van der Waals surface area contributed by atoms with E-state index in [1.54, 1.807) is 11.3 Å². The van der Waals surface area contributed by atoms with Gasteiger partial charge in [-0.15, -0.1) is 11.3 Å². The van der Waals surface area contributed by atoms with Crippen molar-refractivity contribution in [1.29, 1.82) is 0 Å². The van der Waals surface area contributed by atoms with Gasteiger partial charge in [-0.05, 0) is 20.3 Å². The fourth-order valence-corrected chi connectivity index (χ4v) is 3.29. The summed E-state index contributed by atoms with van der Waals surface area (Å²) in [5.41, 5.74) is 3.09. The van der Waals surface area contributed by atoms with Gasteiger partial charge in [0.1, 0.15) is 5.76 Å². The van der Waals surface area contributed by atoms with E-state index in [4.69, 9.17) is 4.52 Å². The van der Waals surface area contributed by atoms with Crippen molar-refractivity contribution in [2.45, 2.75) is 59.3 Å². The molecular weight excluding hydrogens is 310 g/mol. The number of aryl methyl sites for hydroxylation is 2. The maximum absolute atomic E-state index is 11.9. The van der Waals surface area contributed by atoms with Gasteiger partial charge in [-0.1, -0.05) is 25.9 Å². The Labute approximate surface area is 141 Å². The Bertz CT molecular complexity index is 648. The number of hydrogen-bond acceptors (Lipinski definition) is 5. The normalized spacial score (nSPS) is 11.7. The molecule has 2 rings (SSSR count). The molecule has 0 saturated carbocycles. The molecule has 0 radical (unpaired) electrons. The van der Waals surface area contributed by atoms with Crippen LogP contribution in [-0.4, -0.2) is 22.6 Å². The summed E-state index contributed by atoms with van der Waals surface area (Å²) in [5, 5.41) is 10.0. The Hall–Kier alpha value is -1.69. The van der Waals surface area contributed by atoms with Gasteiger partial charge in [-0.2, -0.15) is 0 Å². The SMILES string of the molecule is Cc1noc(C)c1CCC(=O)NCCc1nc(C(C)(C)C)cs1. The molecule has 1 amide bonds. The van der Waals surface area contributed by atoms with E-state index in [0.29, 0.717) is 19.4 Å². The van der Waals surface area contributed by atoms with Crippen LogP contribution in [-0.2, 0) is 23.1 Å². The fraction of sp³-hybridized carbons (Fsp3) is 0.588. The zero-order chi connectivity index (χ0) is 17.0. The molecule has 1 N–H and O–H groups in total. The van der Waals surface area contributed by atoms with Crippen molar-refractivity contribution >= 4 is 17.2 Å². The predicted octanol–water partition coefficient (Wildman–Crippen LogP) is 3.34. The second kappa shape index (κ2) is 7.25. The Morgan fingerprint density at radius 1 is 1.30 bits per heavy atom. The fourth-order valence-electron chi connectivity index (χ4n) is 2.26. The van der Waals surface area contributed by atoms with E-state index >= 15 is 0 Å². The molecule has 0 aliphatic heterocycles.